The Labute approximate surface area is 112 Å². The second kappa shape index (κ2) is 5.05. The number of amides is 1. The number of aromatic nitrogens is 1. The maximum Gasteiger partial charge on any atom is 0.253 e. The van der Waals surface area contributed by atoms with E-state index in [4.69, 9.17) is 5.73 Å². The molecule has 100 valence electrons. The van der Waals surface area contributed by atoms with Crippen molar-refractivity contribution in [2.45, 2.75) is 12.8 Å². The molecule has 0 saturated carbocycles. The molecule has 4 nitrogen and oxygen atoms in total. The Morgan fingerprint density at radius 1 is 1.32 bits per heavy atom. The number of H-pyrrole nitrogens is 1. The van der Waals surface area contributed by atoms with Gasteiger partial charge in [0.25, 0.3) is 5.91 Å². The highest BCUT2D eigenvalue weighted by atomic mass is 16.2. The minimum absolute atomic E-state index is 0.138. The summed E-state index contributed by atoms with van der Waals surface area (Å²) < 4.78 is 0. The number of nitrogens with one attached hydrogen (secondary N) is 1. The number of nitrogens with zero attached hydrogens (tertiary/aromatic N) is 1. The SMILES string of the molecule is NCC1CCN(C(=O)c2ccc3[nH]ccc3c2)CC1. The van der Waals surface area contributed by atoms with Gasteiger partial charge in [0.1, 0.15) is 0 Å². The first kappa shape index (κ1) is 12.2. The molecule has 0 atom stereocenters. The highest BCUT2D eigenvalue weighted by Gasteiger charge is 2.22. The molecule has 1 amide bonds. The average molecular weight is 257 g/mol. The zero-order valence-corrected chi connectivity index (χ0v) is 10.9. The van der Waals surface area contributed by atoms with Crippen LogP contribution in [0.4, 0.5) is 0 Å². The van der Waals surface area contributed by atoms with Gasteiger partial charge in [-0.1, -0.05) is 0 Å². The smallest absolute Gasteiger partial charge is 0.253 e. The zero-order valence-electron chi connectivity index (χ0n) is 10.9. The molecule has 0 unspecified atom stereocenters. The number of hydrogen-bond acceptors (Lipinski definition) is 2. The molecule has 4 heteroatoms. The van der Waals surface area contributed by atoms with Crippen LogP contribution >= 0.6 is 0 Å². The van der Waals surface area contributed by atoms with Crippen LogP contribution in [0.2, 0.25) is 0 Å². The summed E-state index contributed by atoms with van der Waals surface area (Å²) in [7, 11) is 0. The second-order valence-corrected chi connectivity index (χ2v) is 5.25. The van der Waals surface area contributed by atoms with Gasteiger partial charge in [-0.05, 0) is 49.6 Å². The van der Waals surface area contributed by atoms with E-state index in [9.17, 15) is 4.79 Å². The fourth-order valence-electron chi connectivity index (χ4n) is 2.74. The first-order valence-electron chi connectivity index (χ1n) is 6.84. The number of benzene rings is 1. The molecule has 19 heavy (non-hydrogen) atoms. The van der Waals surface area contributed by atoms with Crippen LogP contribution < -0.4 is 5.73 Å². The van der Waals surface area contributed by atoms with E-state index in [1.807, 2.05) is 35.4 Å². The van der Waals surface area contributed by atoms with Crippen molar-refractivity contribution in [3.8, 4) is 0 Å². The quantitative estimate of drug-likeness (QED) is 0.864. The normalized spacial score (nSPS) is 17.0. The first-order chi connectivity index (χ1) is 9.28. The van der Waals surface area contributed by atoms with Gasteiger partial charge in [-0.15, -0.1) is 0 Å². The van der Waals surface area contributed by atoms with Gasteiger partial charge in [0.15, 0.2) is 0 Å². The number of carbonyl (C=O) groups is 1. The molecule has 1 aromatic heterocycles. The Kier molecular flexibility index (Phi) is 3.25. The lowest BCUT2D eigenvalue weighted by atomic mass is 9.96. The Balaban J connectivity index is 1.76. The third-order valence-electron chi connectivity index (χ3n) is 4.04. The fraction of sp³-hybridized carbons (Fsp3) is 0.400. The molecule has 0 aliphatic carbocycles. The highest BCUT2D eigenvalue weighted by Crippen LogP contribution is 2.20. The number of rotatable bonds is 2. The van der Waals surface area contributed by atoms with E-state index in [0.717, 1.165) is 48.9 Å². The summed E-state index contributed by atoms with van der Waals surface area (Å²) in [5.41, 5.74) is 7.52. The van der Waals surface area contributed by atoms with Crippen LogP contribution in [0, 0.1) is 5.92 Å². The molecule has 0 radical (unpaired) electrons. The van der Waals surface area contributed by atoms with E-state index < -0.39 is 0 Å². The van der Waals surface area contributed by atoms with Gasteiger partial charge in [0.2, 0.25) is 0 Å². The number of piperidine rings is 1. The van der Waals surface area contributed by atoms with E-state index in [1.165, 1.54) is 0 Å². The van der Waals surface area contributed by atoms with Crippen LogP contribution in [0.5, 0.6) is 0 Å². The number of nitrogens with two attached hydrogens (primary N) is 1. The molecule has 0 spiro atoms. The minimum atomic E-state index is 0.138. The fourth-order valence-corrected chi connectivity index (χ4v) is 2.74. The van der Waals surface area contributed by atoms with Crippen molar-refractivity contribution in [2.24, 2.45) is 11.7 Å². The van der Waals surface area contributed by atoms with Gasteiger partial charge in [0.05, 0.1) is 0 Å². The summed E-state index contributed by atoms with van der Waals surface area (Å²) in [5, 5.41) is 1.09. The third kappa shape index (κ3) is 2.36. The number of likely N-dealkylation sites (tertiary alicyclic amines) is 1. The number of hydrogen-bond donors (Lipinski definition) is 2. The van der Waals surface area contributed by atoms with E-state index in [1.54, 1.807) is 0 Å². The molecule has 0 bridgehead atoms. The molecule has 1 saturated heterocycles. The van der Waals surface area contributed by atoms with Crippen molar-refractivity contribution in [3.05, 3.63) is 36.0 Å². The lowest BCUT2D eigenvalue weighted by Gasteiger charge is -2.31. The van der Waals surface area contributed by atoms with Crippen LogP contribution in [-0.2, 0) is 0 Å². The van der Waals surface area contributed by atoms with Crippen molar-refractivity contribution in [1.29, 1.82) is 0 Å². The van der Waals surface area contributed by atoms with Crippen LogP contribution in [-0.4, -0.2) is 35.4 Å². The largest absolute Gasteiger partial charge is 0.361 e. The lowest BCUT2D eigenvalue weighted by Crippen LogP contribution is -2.40. The molecule has 3 rings (SSSR count). The average Bonchev–Trinajstić information content (AvgIpc) is 2.94. The second-order valence-electron chi connectivity index (χ2n) is 5.25. The van der Waals surface area contributed by atoms with Crippen LogP contribution in [0.1, 0.15) is 23.2 Å². The van der Waals surface area contributed by atoms with Gasteiger partial charge < -0.3 is 15.6 Å². The number of carbonyl (C=O) groups excluding carboxylic acids is 1. The maximum absolute atomic E-state index is 12.4. The Hall–Kier alpha value is -1.81. The topological polar surface area (TPSA) is 62.1 Å². The van der Waals surface area contributed by atoms with Crippen LogP contribution in [0.3, 0.4) is 0 Å². The summed E-state index contributed by atoms with van der Waals surface area (Å²) in [6.07, 6.45) is 3.94. The summed E-state index contributed by atoms with van der Waals surface area (Å²) in [6, 6.07) is 7.82. The number of fused-ring (bicyclic) bond motifs is 1. The standard InChI is InChI=1S/C15H19N3O/c16-10-11-4-7-18(8-5-11)15(19)13-1-2-14-12(9-13)3-6-17-14/h1-3,6,9,11,17H,4-5,7-8,10,16H2. The molecule has 2 heterocycles. The van der Waals surface area contributed by atoms with Gasteiger partial charge in [-0.3, -0.25) is 4.79 Å². The van der Waals surface area contributed by atoms with Gasteiger partial charge in [0, 0.05) is 35.8 Å². The van der Waals surface area contributed by atoms with Gasteiger partial charge in [-0.2, -0.15) is 0 Å². The zero-order chi connectivity index (χ0) is 13.2. The molecule has 1 fully saturated rings. The summed E-state index contributed by atoms with van der Waals surface area (Å²) in [4.78, 5) is 17.5. The van der Waals surface area contributed by atoms with Crippen LogP contribution in [0.15, 0.2) is 30.5 Å². The molecular weight excluding hydrogens is 238 g/mol. The predicted octanol–water partition coefficient (Wildman–Crippen LogP) is 1.98. The molecular formula is C15H19N3O. The predicted molar refractivity (Wildman–Crippen MR) is 76.0 cm³/mol. The van der Waals surface area contributed by atoms with E-state index in [2.05, 4.69) is 4.98 Å². The van der Waals surface area contributed by atoms with Crippen LogP contribution in [0.25, 0.3) is 10.9 Å². The van der Waals surface area contributed by atoms with Crippen molar-refractivity contribution < 1.29 is 4.79 Å². The first-order valence-corrected chi connectivity index (χ1v) is 6.84. The van der Waals surface area contributed by atoms with E-state index >= 15 is 0 Å². The molecule has 3 N–H and O–H groups in total. The molecule has 2 aromatic rings. The van der Waals surface area contributed by atoms with E-state index in [0.29, 0.717) is 5.92 Å². The Morgan fingerprint density at radius 2 is 2.11 bits per heavy atom. The van der Waals surface area contributed by atoms with Crippen molar-refractivity contribution in [1.82, 2.24) is 9.88 Å². The van der Waals surface area contributed by atoms with Gasteiger partial charge >= 0.3 is 0 Å². The lowest BCUT2D eigenvalue weighted by molar-refractivity contribution is 0.0693. The van der Waals surface area contributed by atoms with Crippen molar-refractivity contribution in [3.63, 3.8) is 0 Å². The number of aromatic amines is 1. The molecule has 1 aliphatic heterocycles. The van der Waals surface area contributed by atoms with E-state index in [-0.39, 0.29) is 5.91 Å². The summed E-state index contributed by atoms with van der Waals surface area (Å²) in [5.74, 6) is 0.717. The summed E-state index contributed by atoms with van der Waals surface area (Å²) in [6.45, 7) is 2.38. The monoisotopic (exact) mass is 257 g/mol. The Morgan fingerprint density at radius 3 is 2.84 bits per heavy atom. The minimum Gasteiger partial charge on any atom is -0.361 e. The molecule has 1 aromatic carbocycles. The van der Waals surface area contributed by atoms with Gasteiger partial charge in [-0.25, -0.2) is 0 Å². The highest BCUT2D eigenvalue weighted by molar-refractivity contribution is 5.98. The molecule has 1 aliphatic rings. The summed E-state index contributed by atoms with van der Waals surface area (Å²) >= 11 is 0. The Bertz CT molecular complexity index is 582. The van der Waals surface area contributed by atoms with Crippen molar-refractivity contribution >= 4 is 16.8 Å². The maximum atomic E-state index is 12.4. The van der Waals surface area contributed by atoms with Crippen molar-refractivity contribution in [2.75, 3.05) is 19.6 Å². The third-order valence-corrected chi connectivity index (χ3v) is 4.04.